The first-order valence-corrected chi connectivity index (χ1v) is 9.68. The van der Waals surface area contributed by atoms with Gasteiger partial charge in [0.25, 0.3) is 5.91 Å². The molecule has 4 rings (SSSR count). The zero-order valence-corrected chi connectivity index (χ0v) is 16.4. The fraction of sp³-hybridized carbons (Fsp3) is 0.217. The molecule has 0 atom stereocenters. The van der Waals surface area contributed by atoms with Crippen molar-refractivity contribution < 1.29 is 9.53 Å². The van der Waals surface area contributed by atoms with E-state index in [4.69, 9.17) is 4.74 Å². The quantitative estimate of drug-likeness (QED) is 0.723. The third kappa shape index (κ3) is 4.48. The highest BCUT2D eigenvalue weighted by molar-refractivity contribution is 6.04. The summed E-state index contributed by atoms with van der Waals surface area (Å²) in [5.74, 6) is 0.724. The second-order valence-corrected chi connectivity index (χ2v) is 6.91. The molecule has 0 aliphatic carbocycles. The van der Waals surface area contributed by atoms with Crippen LogP contribution in [0.25, 0.3) is 0 Å². The molecule has 0 radical (unpaired) electrons. The smallest absolute Gasteiger partial charge is 0.257 e. The Morgan fingerprint density at radius 3 is 2.00 bits per heavy atom. The van der Waals surface area contributed by atoms with E-state index in [1.165, 1.54) is 11.4 Å². The van der Waals surface area contributed by atoms with Crippen molar-refractivity contribution in [1.29, 1.82) is 0 Å². The molecule has 148 valence electrons. The van der Waals surface area contributed by atoms with Crippen LogP contribution in [0.1, 0.15) is 10.4 Å². The molecular formula is C23H24N4O2. The molecule has 6 nitrogen and oxygen atoms in total. The molecule has 1 fully saturated rings. The van der Waals surface area contributed by atoms with Gasteiger partial charge in [0, 0.05) is 55.6 Å². The first-order chi connectivity index (χ1) is 14.2. The predicted molar refractivity (Wildman–Crippen MR) is 116 cm³/mol. The summed E-state index contributed by atoms with van der Waals surface area (Å²) in [5, 5.41) is 2.91. The van der Waals surface area contributed by atoms with Gasteiger partial charge in [-0.2, -0.15) is 0 Å². The Kier molecular flexibility index (Phi) is 5.61. The molecule has 1 N–H and O–H groups in total. The van der Waals surface area contributed by atoms with E-state index in [1.807, 2.05) is 24.3 Å². The molecule has 0 saturated carbocycles. The predicted octanol–water partition coefficient (Wildman–Crippen LogP) is 3.67. The summed E-state index contributed by atoms with van der Waals surface area (Å²) in [4.78, 5) is 21.0. The molecule has 2 heterocycles. The zero-order valence-electron chi connectivity index (χ0n) is 16.4. The highest BCUT2D eigenvalue weighted by Crippen LogP contribution is 2.24. The van der Waals surface area contributed by atoms with Crippen molar-refractivity contribution in [2.24, 2.45) is 0 Å². The number of pyridine rings is 1. The van der Waals surface area contributed by atoms with Crippen LogP contribution in [0.5, 0.6) is 5.75 Å². The number of piperazine rings is 1. The van der Waals surface area contributed by atoms with Gasteiger partial charge in [-0.15, -0.1) is 0 Å². The summed E-state index contributed by atoms with van der Waals surface area (Å²) in [6.45, 7) is 3.83. The van der Waals surface area contributed by atoms with Crippen LogP contribution in [-0.2, 0) is 0 Å². The maximum absolute atomic E-state index is 12.2. The van der Waals surface area contributed by atoms with Gasteiger partial charge in [-0.05, 0) is 60.7 Å². The molecular weight excluding hydrogens is 364 g/mol. The number of nitrogens with zero attached hydrogens (tertiary/aromatic N) is 3. The summed E-state index contributed by atoms with van der Waals surface area (Å²) < 4.78 is 5.23. The first kappa shape index (κ1) is 18.8. The van der Waals surface area contributed by atoms with Crippen LogP contribution in [0.2, 0.25) is 0 Å². The zero-order chi connectivity index (χ0) is 20.1. The van der Waals surface area contributed by atoms with Crippen molar-refractivity contribution in [1.82, 2.24) is 4.98 Å². The molecule has 2 aromatic carbocycles. The van der Waals surface area contributed by atoms with Gasteiger partial charge < -0.3 is 19.9 Å². The van der Waals surface area contributed by atoms with Crippen LogP contribution in [0.4, 0.5) is 17.1 Å². The molecule has 1 aliphatic rings. The number of rotatable bonds is 5. The maximum Gasteiger partial charge on any atom is 0.257 e. The standard InChI is InChI=1S/C23H24N4O2/c1-29-22-10-8-21(9-11-22)27-15-13-26(14-16-27)20-6-4-19(5-7-20)25-23(28)18-3-2-12-24-17-18/h2-12,17H,13-16H2,1H3,(H,25,28). The van der Waals surface area contributed by atoms with E-state index in [2.05, 4.69) is 44.4 Å². The second kappa shape index (κ2) is 8.65. The number of ether oxygens (including phenoxy) is 1. The Bertz CT molecular complexity index is 935. The Morgan fingerprint density at radius 1 is 0.897 bits per heavy atom. The fourth-order valence-corrected chi connectivity index (χ4v) is 3.47. The number of benzene rings is 2. The summed E-state index contributed by atoms with van der Waals surface area (Å²) >= 11 is 0. The lowest BCUT2D eigenvalue weighted by Crippen LogP contribution is -2.46. The number of hydrogen-bond donors (Lipinski definition) is 1. The van der Waals surface area contributed by atoms with E-state index >= 15 is 0 Å². The third-order valence-corrected chi connectivity index (χ3v) is 5.13. The number of nitrogens with one attached hydrogen (secondary N) is 1. The van der Waals surface area contributed by atoms with Crippen molar-refractivity contribution >= 4 is 23.0 Å². The molecule has 1 amide bonds. The third-order valence-electron chi connectivity index (χ3n) is 5.13. The molecule has 1 aliphatic heterocycles. The van der Waals surface area contributed by atoms with E-state index in [-0.39, 0.29) is 5.91 Å². The second-order valence-electron chi connectivity index (χ2n) is 6.91. The average Bonchev–Trinajstić information content (AvgIpc) is 2.80. The van der Waals surface area contributed by atoms with Gasteiger partial charge in [0.1, 0.15) is 5.75 Å². The minimum absolute atomic E-state index is 0.154. The van der Waals surface area contributed by atoms with Crippen LogP contribution < -0.4 is 19.9 Å². The van der Waals surface area contributed by atoms with E-state index in [1.54, 1.807) is 31.6 Å². The largest absolute Gasteiger partial charge is 0.497 e. The molecule has 0 bridgehead atoms. The minimum atomic E-state index is -0.154. The number of hydrogen-bond acceptors (Lipinski definition) is 5. The number of carbonyl (C=O) groups excluding carboxylic acids is 1. The van der Waals surface area contributed by atoms with Gasteiger partial charge in [-0.1, -0.05) is 0 Å². The van der Waals surface area contributed by atoms with Gasteiger partial charge in [-0.25, -0.2) is 0 Å². The van der Waals surface area contributed by atoms with Gasteiger partial charge in [-0.3, -0.25) is 9.78 Å². The Balaban J connectivity index is 1.33. The van der Waals surface area contributed by atoms with E-state index in [0.29, 0.717) is 5.56 Å². The minimum Gasteiger partial charge on any atom is -0.497 e. The van der Waals surface area contributed by atoms with Crippen LogP contribution in [0.3, 0.4) is 0 Å². The van der Waals surface area contributed by atoms with Gasteiger partial charge in [0.15, 0.2) is 0 Å². The van der Waals surface area contributed by atoms with Gasteiger partial charge in [0.05, 0.1) is 12.7 Å². The number of aromatic nitrogens is 1. The average molecular weight is 388 g/mol. The van der Waals surface area contributed by atoms with Crippen molar-refractivity contribution in [3.8, 4) is 5.75 Å². The molecule has 1 saturated heterocycles. The number of methoxy groups -OCH3 is 1. The highest BCUT2D eigenvalue weighted by atomic mass is 16.5. The Morgan fingerprint density at radius 2 is 1.48 bits per heavy atom. The molecule has 1 aromatic heterocycles. The molecule has 3 aromatic rings. The van der Waals surface area contributed by atoms with Crippen molar-refractivity contribution in [2.75, 3.05) is 48.4 Å². The van der Waals surface area contributed by atoms with Gasteiger partial charge >= 0.3 is 0 Å². The van der Waals surface area contributed by atoms with Crippen LogP contribution in [0.15, 0.2) is 73.1 Å². The lowest BCUT2D eigenvalue weighted by Gasteiger charge is -2.37. The summed E-state index contributed by atoms with van der Waals surface area (Å²) in [5.41, 5.74) is 3.71. The molecule has 6 heteroatoms. The molecule has 29 heavy (non-hydrogen) atoms. The number of anilines is 3. The summed E-state index contributed by atoms with van der Waals surface area (Å²) in [7, 11) is 1.68. The maximum atomic E-state index is 12.2. The van der Waals surface area contributed by atoms with Gasteiger partial charge in [0.2, 0.25) is 0 Å². The lowest BCUT2D eigenvalue weighted by atomic mass is 10.2. The highest BCUT2D eigenvalue weighted by Gasteiger charge is 2.17. The van der Waals surface area contributed by atoms with Crippen molar-refractivity contribution in [3.63, 3.8) is 0 Å². The van der Waals surface area contributed by atoms with Crippen LogP contribution >= 0.6 is 0 Å². The van der Waals surface area contributed by atoms with E-state index < -0.39 is 0 Å². The number of amides is 1. The normalized spacial score (nSPS) is 13.8. The molecule has 0 unspecified atom stereocenters. The summed E-state index contributed by atoms with van der Waals surface area (Å²) in [6.07, 6.45) is 3.21. The Hall–Kier alpha value is -3.54. The van der Waals surface area contributed by atoms with E-state index in [9.17, 15) is 4.79 Å². The number of carbonyl (C=O) groups is 1. The Labute approximate surface area is 170 Å². The van der Waals surface area contributed by atoms with Crippen molar-refractivity contribution in [2.45, 2.75) is 0 Å². The van der Waals surface area contributed by atoms with E-state index in [0.717, 1.165) is 37.6 Å². The monoisotopic (exact) mass is 388 g/mol. The lowest BCUT2D eigenvalue weighted by molar-refractivity contribution is 0.102. The summed E-state index contributed by atoms with van der Waals surface area (Å²) in [6, 6.07) is 19.7. The van der Waals surface area contributed by atoms with Crippen LogP contribution in [-0.4, -0.2) is 44.2 Å². The first-order valence-electron chi connectivity index (χ1n) is 9.68. The van der Waals surface area contributed by atoms with Crippen LogP contribution in [0, 0.1) is 0 Å². The topological polar surface area (TPSA) is 57.7 Å². The molecule has 0 spiro atoms. The SMILES string of the molecule is COc1ccc(N2CCN(c3ccc(NC(=O)c4cccnc4)cc3)CC2)cc1. The van der Waals surface area contributed by atoms with Crippen molar-refractivity contribution in [3.05, 3.63) is 78.6 Å². The fourth-order valence-electron chi connectivity index (χ4n) is 3.47.